The summed E-state index contributed by atoms with van der Waals surface area (Å²) in [4.78, 5) is 12.6. The molecular weight excluding hydrogens is 356 g/mol. The van der Waals surface area contributed by atoms with Crippen LogP contribution in [0.2, 0.25) is 0 Å². The molecule has 0 unspecified atom stereocenters. The van der Waals surface area contributed by atoms with E-state index in [-0.39, 0.29) is 16.5 Å². The maximum atomic E-state index is 12.6. The van der Waals surface area contributed by atoms with Crippen molar-refractivity contribution in [1.82, 2.24) is 4.72 Å². The quantitative estimate of drug-likeness (QED) is 0.772. The number of rotatable bonds is 7. The summed E-state index contributed by atoms with van der Waals surface area (Å²) in [6.07, 6.45) is 0. The van der Waals surface area contributed by atoms with E-state index in [1.54, 1.807) is 32.0 Å². The van der Waals surface area contributed by atoms with Crippen molar-refractivity contribution in [3.8, 4) is 11.5 Å². The Hall–Kier alpha value is -2.58. The normalized spacial score (nSPS) is 11.3. The molecular formula is C18H22N2O5S. The first-order chi connectivity index (χ1) is 12.3. The molecule has 2 rings (SSSR count). The molecule has 0 aromatic heterocycles. The van der Waals surface area contributed by atoms with E-state index >= 15 is 0 Å². The van der Waals surface area contributed by atoms with E-state index in [0.29, 0.717) is 17.2 Å². The summed E-state index contributed by atoms with van der Waals surface area (Å²) >= 11 is 0. The van der Waals surface area contributed by atoms with E-state index in [4.69, 9.17) is 9.47 Å². The molecule has 0 aliphatic heterocycles. The van der Waals surface area contributed by atoms with Gasteiger partial charge >= 0.3 is 0 Å². The molecule has 0 saturated carbocycles. The Labute approximate surface area is 153 Å². The van der Waals surface area contributed by atoms with Crippen molar-refractivity contribution in [3.63, 3.8) is 0 Å². The summed E-state index contributed by atoms with van der Waals surface area (Å²) < 4.78 is 37.4. The predicted molar refractivity (Wildman–Crippen MR) is 99.4 cm³/mol. The Morgan fingerprint density at radius 3 is 2.38 bits per heavy atom. The highest BCUT2D eigenvalue weighted by atomic mass is 32.2. The number of carbonyl (C=O) groups excluding carboxylic acids is 1. The van der Waals surface area contributed by atoms with Crippen LogP contribution in [0.1, 0.15) is 24.2 Å². The summed E-state index contributed by atoms with van der Waals surface area (Å²) in [5.74, 6) is 0.557. The number of carbonyl (C=O) groups is 1. The van der Waals surface area contributed by atoms with Gasteiger partial charge in [-0.2, -0.15) is 0 Å². The first-order valence-electron chi connectivity index (χ1n) is 7.92. The van der Waals surface area contributed by atoms with E-state index in [2.05, 4.69) is 10.0 Å². The number of methoxy groups -OCH3 is 2. The Balaban J connectivity index is 2.30. The van der Waals surface area contributed by atoms with Crippen LogP contribution in [-0.4, -0.2) is 34.6 Å². The van der Waals surface area contributed by atoms with Crippen molar-refractivity contribution < 1.29 is 22.7 Å². The maximum absolute atomic E-state index is 12.6. The van der Waals surface area contributed by atoms with Crippen LogP contribution in [0.15, 0.2) is 47.4 Å². The fraction of sp³-hybridized carbons (Fsp3) is 0.278. The molecule has 0 radical (unpaired) electrons. The highest BCUT2D eigenvalue weighted by Crippen LogP contribution is 2.29. The molecule has 7 nitrogen and oxygen atoms in total. The third-order valence-corrected chi connectivity index (χ3v) is 5.11. The lowest BCUT2D eigenvalue weighted by Gasteiger charge is -2.13. The average molecular weight is 378 g/mol. The van der Waals surface area contributed by atoms with Gasteiger partial charge in [-0.3, -0.25) is 4.79 Å². The van der Waals surface area contributed by atoms with Gasteiger partial charge in [-0.05, 0) is 44.2 Å². The van der Waals surface area contributed by atoms with Gasteiger partial charge in [0.15, 0.2) is 0 Å². The third kappa shape index (κ3) is 4.74. The topological polar surface area (TPSA) is 93.7 Å². The van der Waals surface area contributed by atoms with E-state index in [9.17, 15) is 13.2 Å². The number of sulfonamides is 1. The number of nitrogens with one attached hydrogen (secondary N) is 2. The summed E-state index contributed by atoms with van der Waals surface area (Å²) in [5.41, 5.74) is 0.631. The Morgan fingerprint density at radius 1 is 1.04 bits per heavy atom. The van der Waals surface area contributed by atoms with E-state index in [1.807, 2.05) is 0 Å². The predicted octanol–water partition coefficient (Wildman–Crippen LogP) is 2.64. The van der Waals surface area contributed by atoms with Crippen molar-refractivity contribution in [2.24, 2.45) is 0 Å². The lowest BCUT2D eigenvalue weighted by atomic mass is 10.2. The van der Waals surface area contributed by atoms with Crippen LogP contribution in [0, 0.1) is 0 Å². The van der Waals surface area contributed by atoms with E-state index < -0.39 is 15.9 Å². The minimum Gasteiger partial charge on any atom is -0.497 e. The highest BCUT2D eigenvalue weighted by Gasteiger charge is 2.18. The van der Waals surface area contributed by atoms with Gasteiger partial charge in [0.1, 0.15) is 11.5 Å². The molecule has 1 amide bonds. The van der Waals surface area contributed by atoms with Crippen LogP contribution >= 0.6 is 0 Å². The Bertz CT molecular complexity index is 894. The molecule has 8 heteroatoms. The van der Waals surface area contributed by atoms with Crippen LogP contribution in [0.3, 0.4) is 0 Å². The largest absolute Gasteiger partial charge is 0.497 e. The summed E-state index contributed by atoms with van der Waals surface area (Å²) in [7, 11) is -0.681. The zero-order valence-corrected chi connectivity index (χ0v) is 15.9. The van der Waals surface area contributed by atoms with Crippen LogP contribution in [0.4, 0.5) is 5.69 Å². The number of hydrogen-bond acceptors (Lipinski definition) is 5. The third-order valence-electron chi connectivity index (χ3n) is 3.45. The number of amides is 1. The second-order valence-electron chi connectivity index (χ2n) is 5.82. The summed E-state index contributed by atoms with van der Waals surface area (Å²) in [6.45, 7) is 3.45. The SMILES string of the molecule is COc1ccc(OC)c(NC(=O)c2cccc(S(=O)(=O)NC(C)C)c2)c1. The lowest BCUT2D eigenvalue weighted by molar-refractivity contribution is 0.102. The fourth-order valence-corrected chi connectivity index (χ4v) is 3.59. The first-order valence-corrected chi connectivity index (χ1v) is 9.41. The fourth-order valence-electron chi connectivity index (χ4n) is 2.29. The Morgan fingerprint density at radius 2 is 1.77 bits per heavy atom. The number of hydrogen-bond donors (Lipinski definition) is 2. The van der Waals surface area contributed by atoms with Gasteiger partial charge in [0.2, 0.25) is 10.0 Å². The summed E-state index contributed by atoms with van der Waals surface area (Å²) in [6, 6.07) is 10.6. The molecule has 0 fully saturated rings. The molecule has 0 atom stereocenters. The van der Waals surface area contributed by atoms with Gasteiger partial charge < -0.3 is 14.8 Å². The standard InChI is InChI=1S/C18H22N2O5S/c1-12(2)20-26(22,23)15-7-5-6-13(10-15)18(21)19-16-11-14(24-3)8-9-17(16)25-4/h5-12,20H,1-4H3,(H,19,21). The second kappa shape index (κ2) is 8.20. The molecule has 2 aromatic carbocycles. The smallest absolute Gasteiger partial charge is 0.255 e. The monoisotopic (exact) mass is 378 g/mol. The van der Waals surface area contributed by atoms with Crippen LogP contribution < -0.4 is 19.5 Å². The number of benzene rings is 2. The van der Waals surface area contributed by atoms with Gasteiger partial charge in [0.05, 0.1) is 24.8 Å². The second-order valence-corrected chi connectivity index (χ2v) is 7.54. The molecule has 0 heterocycles. The molecule has 140 valence electrons. The van der Waals surface area contributed by atoms with Crippen molar-refractivity contribution in [2.75, 3.05) is 19.5 Å². The Kier molecular flexibility index (Phi) is 6.23. The van der Waals surface area contributed by atoms with Gasteiger partial charge in [0, 0.05) is 17.7 Å². The molecule has 0 aliphatic carbocycles. The first kappa shape index (κ1) is 19.7. The molecule has 2 N–H and O–H groups in total. The van der Waals surface area contributed by atoms with E-state index in [1.165, 1.54) is 38.5 Å². The van der Waals surface area contributed by atoms with Gasteiger partial charge in [-0.1, -0.05) is 6.07 Å². The maximum Gasteiger partial charge on any atom is 0.255 e. The number of anilines is 1. The van der Waals surface area contributed by atoms with Crippen LogP contribution in [0.5, 0.6) is 11.5 Å². The van der Waals surface area contributed by atoms with Crippen molar-refractivity contribution in [1.29, 1.82) is 0 Å². The molecule has 0 saturated heterocycles. The lowest BCUT2D eigenvalue weighted by Crippen LogP contribution is -2.30. The van der Waals surface area contributed by atoms with Gasteiger partial charge in [-0.15, -0.1) is 0 Å². The van der Waals surface area contributed by atoms with Crippen molar-refractivity contribution in [2.45, 2.75) is 24.8 Å². The van der Waals surface area contributed by atoms with Crippen molar-refractivity contribution in [3.05, 3.63) is 48.0 Å². The highest BCUT2D eigenvalue weighted by molar-refractivity contribution is 7.89. The molecule has 26 heavy (non-hydrogen) atoms. The summed E-state index contributed by atoms with van der Waals surface area (Å²) in [5, 5.41) is 2.71. The zero-order valence-electron chi connectivity index (χ0n) is 15.1. The molecule has 0 spiro atoms. The minimum absolute atomic E-state index is 0.0245. The van der Waals surface area contributed by atoms with Crippen LogP contribution in [0.25, 0.3) is 0 Å². The number of ether oxygens (including phenoxy) is 2. The van der Waals surface area contributed by atoms with Crippen LogP contribution in [-0.2, 0) is 10.0 Å². The van der Waals surface area contributed by atoms with E-state index in [0.717, 1.165) is 0 Å². The average Bonchev–Trinajstić information content (AvgIpc) is 2.60. The van der Waals surface area contributed by atoms with Gasteiger partial charge in [-0.25, -0.2) is 13.1 Å². The molecule has 0 aliphatic rings. The molecule has 0 bridgehead atoms. The zero-order chi connectivity index (χ0) is 19.3. The van der Waals surface area contributed by atoms with Gasteiger partial charge in [0.25, 0.3) is 5.91 Å². The molecule has 2 aromatic rings. The minimum atomic E-state index is -3.69. The van der Waals surface area contributed by atoms with Crippen molar-refractivity contribution >= 4 is 21.6 Å².